The van der Waals surface area contributed by atoms with E-state index in [9.17, 15) is 4.79 Å². The van der Waals surface area contributed by atoms with Gasteiger partial charge in [-0.1, -0.05) is 0 Å². The van der Waals surface area contributed by atoms with Crippen LogP contribution in [0.15, 0.2) is 18.3 Å². The van der Waals surface area contributed by atoms with Crippen molar-refractivity contribution in [1.29, 1.82) is 0 Å². The number of hydrogen-bond donors (Lipinski definition) is 2. The summed E-state index contributed by atoms with van der Waals surface area (Å²) < 4.78 is 5.24. The number of pyridine rings is 1. The Morgan fingerprint density at radius 2 is 2.33 bits per heavy atom. The van der Waals surface area contributed by atoms with Gasteiger partial charge in [-0.25, -0.2) is 9.78 Å². The van der Waals surface area contributed by atoms with Gasteiger partial charge in [0, 0.05) is 37.6 Å². The number of hydrogen-bond acceptors (Lipinski definition) is 5. The molecule has 0 radical (unpaired) electrons. The third kappa shape index (κ3) is 4.81. The molecule has 116 valence electrons. The zero-order chi connectivity index (χ0) is 15.5. The molecule has 1 aliphatic heterocycles. The lowest BCUT2D eigenvalue weighted by Crippen LogP contribution is -2.36. The molecule has 2 rings (SSSR count). The van der Waals surface area contributed by atoms with Gasteiger partial charge >= 0.3 is 6.09 Å². The molecular formula is C15H24N4O2. The fraction of sp³-hybridized carbons (Fsp3) is 0.600. The van der Waals surface area contributed by atoms with Gasteiger partial charge in [-0.05, 0) is 39.2 Å². The molecule has 1 aromatic heterocycles. The Morgan fingerprint density at radius 1 is 1.57 bits per heavy atom. The van der Waals surface area contributed by atoms with Gasteiger partial charge in [0.2, 0.25) is 0 Å². The van der Waals surface area contributed by atoms with Gasteiger partial charge in [-0.3, -0.25) is 0 Å². The third-order valence-corrected chi connectivity index (χ3v) is 3.35. The Balaban J connectivity index is 1.79. The van der Waals surface area contributed by atoms with Crippen molar-refractivity contribution >= 4 is 17.6 Å². The molecule has 1 atom stereocenters. The van der Waals surface area contributed by atoms with Gasteiger partial charge in [0.1, 0.15) is 11.4 Å². The Morgan fingerprint density at radius 3 is 3.00 bits per heavy atom. The van der Waals surface area contributed by atoms with Crippen molar-refractivity contribution in [2.75, 3.05) is 30.3 Å². The molecule has 0 aromatic carbocycles. The largest absolute Gasteiger partial charge is 0.444 e. The number of nitrogens with two attached hydrogens (primary N) is 1. The van der Waals surface area contributed by atoms with Crippen LogP contribution < -0.4 is 16.0 Å². The quantitative estimate of drug-likeness (QED) is 0.891. The molecule has 2 heterocycles. The summed E-state index contributed by atoms with van der Waals surface area (Å²) in [6, 6.07) is 3.84. The number of anilines is 2. The second-order valence-corrected chi connectivity index (χ2v) is 6.42. The normalized spacial score (nSPS) is 18.6. The van der Waals surface area contributed by atoms with Crippen molar-refractivity contribution in [2.24, 2.45) is 5.92 Å². The van der Waals surface area contributed by atoms with Crippen LogP contribution in [-0.2, 0) is 4.74 Å². The maximum Gasteiger partial charge on any atom is 0.407 e. The van der Waals surface area contributed by atoms with Crippen molar-refractivity contribution < 1.29 is 9.53 Å². The third-order valence-electron chi connectivity index (χ3n) is 3.35. The van der Waals surface area contributed by atoms with Crippen LogP contribution in [0.2, 0.25) is 0 Å². The molecule has 1 aromatic rings. The Labute approximate surface area is 125 Å². The average Bonchev–Trinajstić information content (AvgIpc) is 2.83. The lowest BCUT2D eigenvalue weighted by molar-refractivity contribution is 0.0520. The van der Waals surface area contributed by atoms with E-state index in [0.717, 1.165) is 25.2 Å². The number of nitrogen functional groups attached to an aromatic ring is 1. The molecule has 1 fully saturated rings. The van der Waals surface area contributed by atoms with Crippen LogP contribution in [0.1, 0.15) is 27.2 Å². The topological polar surface area (TPSA) is 80.5 Å². The molecule has 0 spiro atoms. The van der Waals surface area contributed by atoms with Crippen LogP contribution >= 0.6 is 0 Å². The van der Waals surface area contributed by atoms with Crippen molar-refractivity contribution in [3.05, 3.63) is 18.3 Å². The summed E-state index contributed by atoms with van der Waals surface area (Å²) in [7, 11) is 0. The highest BCUT2D eigenvalue weighted by atomic mass is 16.6. The number of rotatable bonds is 3. The molecule has 21 heavy (non-hydrogen) atoms. The Kier molecular flexibility index (Phi) is 4.55. The maximum atomic E-state index is 11.6. The maximum absolute atomic E-state index is 11.6. The van der Waals surface area contributed by atoms with Crippen LogP contribution in [0.3, 0.4) is 0 Å². The van der Waals surface area contributed by atoms with Gasteiger partial charge in [0.25, 0.3) is 0 Å². The van der Waals surface area contributed by atoms with E-state index in [0.29, 0.717) is 18.3 Å². The van der Waals surface area contributed by atoms with Crippen molar-refractivity contribution in [3.8, 4) is 0 Å². The molecule has 1 unspecified atom stereocenters. The van der Waals surface area contributed by atoms with E-state index in [1.807, 2.05) is 32.9 Å². The molecule has 3 N–H and O–H groups in total. The predicted octanol–water partition coefficient (Wildman–Crippen LogP) is 2.01. The zero-order valence-electron chi connectivity index (χ0n) is 12.9. The minimum Gasteiger partial charge on any atom is -0.444 e. The van der Waals surface area contributed by atoms with Crippen LogP contribution in [0.25, 0.3) is 0 Å². The highest BCUT2D eigenvalue weighted by Gasteiger charge is 2.24. The van der Waals surface area contributed by atoms with Gasteiger partial charge in [-0.15, -0.1) is 0 Å². The molecule has 6 nitrogen and oxygen atoms in total. The number of nitrogens with one attached hydrogen (secondary N) is 1. The van der Waals surface area contributed by atoms with Crippen LogP contribution in [0, 0.1) is 5.92 Å². The van der Waals surface area contributed by atoms with E-state index in [1.54, 1.807) is 6.20 Å². The summed E-state index contributed by atoms with van der Waals surface area (Å²) in [5.41, 5.74) is 6.33. The van der Waals surface area contributed by atoms with E-state index < -0.39 is 5.60 Å². The van der Waals surface area contributed by atoms with Gasteiger partial charge < -0.3 is 20.7 Å². The number of nitrogens with zero attached hydrogens (tertiary/aromatic N) is 2. The molecule has 1 saturated heterocycles. The number of aromatic nitrogens is 1. The minimum absolute atomic E-state index is 0.353. The minimum atomic E-state index is -0.458. The molecular weight excluding hydrogens is 268 g/mol. The second-order valence-electron chi connectivity index (χ2n) is 6.42. The standard InChI is InChI=1S/C15H24N4O2/c1-15(2,3)21-14(20)18-9-11-5-7-19(10-11)12-4-6-17-13(16)8-12/h4,6,8,11H,5,7,9-10H2,1-3H3,(H2,16,17)(H,18,20). The number of ether oxygens (including phenoxy) is 1. The zero-order valence-corrected chi connectivity index (χ0v) is 12.9. The fourth-order valence-corrected chi connectivity index (χ4v) is 2.41. The van der Waals surface area contributed by atoms with E-state index in [2.05, 4.69) is 15.2 Å². The van der Waals surface area contributed by atoms with Gasteiger partial charge in [-0.2, -0.15) is 0 Å². The SMILES string of the molecule is CC(C)(C)OC(=O)NCC1CCN(c2ccnc(N)c2)C1. The molecule has 0 aliphatic carbocycles. The smallest absolute Gasteiger partial charge is 0.407 e. The number of carbonyl (C=O) groups excluding carboxylic acids is 1. The first-order chi connectivity index (χ1) is 9.83. The number of alkyl carbamates (subject to hydrolysis) is 1. The molecule has 1 amide bonds. The van der Waals surface area contributed by atoms with Gasteiger partial charge in [0.15, 0.2) is 0 Å². The Hall–Kier alpha value is -1.98. The van der Waals surface area contributed by atoms with Crippen LogP contribution in [0.5, 0.6) is 0 Å². The first-order valence-electron chi connectivity index (χ1n) is 7.27. The molecule has 6 heteroatoms. The molecule has 1 aliphatic rings. The highest BCUT2D eigenvalue weighted by Crippen LogP contribution is 2.24. The Bertz CT molecular complexity index is 499. The summed E-state index contributed by atoms with van der Waals surface area (Å²) >= 11 is 0. The van der Waals surface area contributed by atoms with Gasteiger partial charge in [0.05, 0.1) is 0 Å². The summed E-state index contributed by atoms with van der Waals surface area (Å²) in [4.78, 5) is 17.9. The van der Waals surface area contributed by atoms with E-state index in [-0.39, 0.29) is 6.09 Å². The monoisotopic (exact) mass is 292 g/mol. The average molecular weight is 292 g/mol. The predicted molar refractivity (Wildman–Crippen MR) is 83.2 cm³/mol. The van der Waals surface area contributed by atoms with E-state index in [1.165, 1.54) is 0 Å². The molecule has 0 saturated carbocycles. The van der Waals surface area contributed by atoms with E-state index >= 15 is 0 Å². The first-order valence-corrected chi connectivity index (χ1v) is 7.27. The number of amides is 1. The summed E-state index contributed by atoms with van der Waals surface area (Å²) in [5.74, 6) is 0.953. The highest BCUT2D eigenvalue weighted by molar-refractivity contribution is 5.67. The fourth-order valence-electron chi connectivity index (χ4n) is 2.41. The van der Waals surface area contributed by atoms with Crippen molar-refractivity contribution in [1.82, 2.24) is 10.3 Å². The number of carbonyl (C=O) groups is 1. The first kappa shape index (κ1) is 15.4. The molecule has 0 bridgehead atoms. The second kappa shape index (κ2) is 6.20. The lowest BCUT2D eigenvalue weighted by Gasteiger charge is -2.21. The van der Waals surface area contributed by atoms with Crippen molar-refractivity contribution in [2.45, 2.75) is 32.8 Å². The summed E-state index contributed by atoms with van der Waals surface area (Å²) in [5, 5.41) is 2.84. The van der Waals surface area contributed by atoms with Crippen molar-refractivity contribution in [3.63, 3.8) is 0 Å². The van der Waals surface area contributed by atoms with E-state index in [4.69, 9.17) is 10.5 Å². The van der Waals surface area contributed by atoms with Crippen LogP contribution in [-0.4, -0.2) is 36.3 Å². The summed E-state index contributed by atoms with van der Waals surface area (Å²) in [6.07, 6.45) is 2.41. The summed E-state index contributed by atoms with van der Waals surface area (Å²) in [6.45, 7) is 8.07. The van der Waals surface area contributed by atoms with Crippen LogP contribution in [0.4, 0.5) is 16.3 Å². The lowest BCUT2D eigenvalue weighted by atomic mass is 10.1.